The molecule has 0 spiro atoms. The van der Waals surface area contributed by atoms with Crippen molar-refractivity contribution in [3.05, 3.63) is 157 Å². The SMILES string of the molecule is [2H]C([2H])([2H])c1nc2ccccc2n1-c1ccc(-c2c3ccccc3c(-c3ccc(-c4ccccc4)cc3)c3ccccc23)cc1. The molecule has 1 aromatic heterocycles. The fourth-order valence-corrected chi connectivity index (χ4v) is 6.27. The Balaban J connectivity index is 1.30. The van der Waals surface area contributed by atoms with Crippen LogP contribution in [0.4, 0.5) is 0 Å². The summed E-state index contributed by atoms with van der Waals surface area (Å²) >= 11 is 0. The molecule has 1 heterocycles. The molecule has 0 radical (unpaired) electrons. The van der Waals surface area contributed by atoms with E-state index in [1.807, 2.05) is 42.5 Å². The largest absolute Gasteiger partial charge is 0.297 e. The Morgan fingerprint density at radius 3 is 1.48 bits per heavy atom. The van der Waals surface area contributed by atoms with E-state index in [4.69, 9.17) is 4.11 Å². The van der Waals surface area contributed by atoms with Crippen LogP contribution in [0.5, 0.6) is 0 Å². The second-order valence-electron chi connectivity index (χ2n) is 10.6. The van der Waals surface area contributed by atoms with E-state index in [1.54, 1.807) is 4.57 Å². The lowest BCUT2D eigenvalue weighted by Gasteiger charge is -2.18. The molecular formula is C40H28N2. The van der Waals surface area contributed by atoms with Gasteiger partial charge in [-0.25, -0.2) is 4.98 Å². The number of para-hydroxylation sites is 2. The molecule has 0 saturated heterocycles. The van der Waals surface area contributed by atoms with Crippen LogP contribution in [0.1, 0.15) is 9.94 Å². The summed E-state index contributed by atoms with van der Waals surface area (Å²) in [6.45, 7) is -2.35. The molecule has 198 valence electrons. The lowest BCUT2D eigenvalue weighted by molar-refractivity contribution is 1.00. The first kappa shape index (κ1) is 21.3. The van der Waals surface area contributed by atoms with E-state index in [2.05, 4.69) is 114 Å². The molecule has 0 amide bonds. The van der Waals surface area contributed by atoms with Crippen LogP contribution in [0.25, 0.3) is 71.6 Å². The Morgan fingerprint density at radius 2 is 0.905 bits per heavy atom. The van der Waals surface area contributed by atoms with Gasteiger partial charge >= 0.3 is 0 Å². The van der Waals surface area contributed by atoms with Crippen molar-refractivity contribution in [2.45, 2.75) is 6.85 Å². The van der Waals surface area contributed by atoms with Crippen molar-refractivity contribution in [2.24, 2.45) is 0 Å². The Kier molecular flexibility index (Phi) is 5.00. The average Bonchev–Trinajstić information content (AvgIpc) is 3.49. The van der Waals surface area contributed by atoms with Gasteiger partial charge in [0.05, 0.1) is 11.0 Å². The molecule has 7 aromatic carbocycles. The summed E-state index contributed by atoms with van der Waals surface area (Å²) in [6.07, 6.45) is 0. The molecule has 0 unspecified atom stereocenters. The molecule has 2 heteroatoms. The van der Waals surface area contributed by atoms with Crippen molar-refractivity contribution in [2.75, 3.05) is 0 Å². The van der Waals surface area contributed by atoms with E-state index in [1.165, 1.54) is 43.8 Å². The first-order valence-electron chi connectivity index (χ1n) is 15.7. The standard InChI is InChI=1S/C40H28N2/c1-27-41-37-17-9-10-18-38(37)42(27)32-25-23-31(24-26-32)40-35-15-7-5-13-33(35)39(34-14-6-8-16-36(34)40)30-21-19-29(20-22-30)28-11-3-2-4-12-28/h2-26H,1H3/i1D3. The van der Waals surface area contributed by atoms with E-state index in [-0.39, 0.29) is 5.82 Å². The first-order chi connectivity index (χ1) is 22.0. The zero-order chi connectivity index (χ0) is 30.5. The number of aryl methyl sites for hydroxylation is 1. The fourth-order valence-electron chi connectivity index (χ4n) is 6.27. The van der Waals surface area contributed by atoms with Crippen molar-refractivity contribution >= 4 is 32.6 Å². The number of rotatable bonds is 4. The van der Waals surface area contributed by atoms with E-state index in [9.17, 15) is 0 Å². The molecule has 0 bridgehead atoms. The Labute approximate surface area is 249 Å². The van der Waals surface area contributed by atoms with Crippen molar-refractivity contribution < 1.29 is 4.11 Å². The van der Waals surface area contributed by atoms with Crippen LogP contribution in [-0.2, 0) is 0 Å². The monoisotopic (exact) mass is 539 g/mol. The van der Waals surface area contributed by atoms with Gasteiger partial charge < -0.3 is 0 Å². The summed E-state index contributed by atoms with van der Waals surface area (Å²) < 4.78 is 26.2. The number of fused-ring (bicyclic) bond motifs is 3. The van der Waals surface area contributed by atoms with E-state index >= 15 is 0 Å². The van der Waals surface area contributed by atoms with E-state index in [0.717, 1.165) is 22.3 Å². The summed E-state index contributed by atoms with van der Waals surface area (Å²) in [4.78, 5) is 4.48. The second kappa shape index (κ2) is 9.87. The zero-order valence-electron chi connectivity index (χ0n) is 25.8. The molecule has 42 heavy (non-hydrogen) atoms. The van der Waals surface area contributed by atoms with Gasteiger partial charge in [-0.3, -0.25) is 4.57 Å². The lowest BCUT2D eigenvalue weighted by atomic mass is 9.85. The molecule has 0 N–H and O–H groups in total. The van der Waals surface area contributed by atoms with Gasteiger partial charge in [0.2, 0.25) is 0 Å². The molecule has 0 aliphatic heterocycles. The maximum atomic E-state index is 8.15. The molecule has 8 rings (SSSR count). The minimum absolute atomic E-state index is 0.0648. The zero-order valence-corrected chi connectivity index (χ0v) is 22.8. The van der Waals surface area contributed by atoms with Crippen LogP contribution >= 0.6 is 0 Å². The summed E-state index contributed by atoms with van der Waals surface area (Å²) in [5.41, 5.74) is 9.21. The Morgan fingerprint density at radius 1 is 0.452 bits per heavy atom. The highest BCUT2D eigenvalue weighted by Gasteiger charge is 2.17. The summed E-state index contributed by atoms with van der Waals surface area (Å²) in [6, 6.07) is 52.3. The van der Waals surface area contributed by atoms with Crippen molar-refractivity contribution in [1.82, 2.24) is 9.55 Å². The molecule has 0 fully saturated rings. The molecule has 8 aromatic rings. The van der Waals surface area contributed by atoms with Gasteiger partial charge in [0.1, 0.15) is 5.82 Å². The third kappa shape index (κ3) is 3.92. The quantitative estimate of drug-likeness (QED) is 0.203. The van der Waals surface area contributed by atoms with Crippen molar-refractivity contribution in [3.8, 4) is 39.1 Å². The first-order valence-corrected chi connectivity index (χ1v) is 14.2. The summed E-state index contributed by atoms with van der Waals surface area (Å²) in [7, 11) is 0. The second-order valence-corrected chi connectivity index (χ2v) is 10.6. The van der Waals surface area contributed by atoms with Gasteiger partial charge in [-0.2, -0.15) is 0 Å². The number of aromatic nitrogens is 2. The summed E-state index contributed by atoms with van der Waals surface area (Å²) in [5.74, 6) is 0.0648. The predicted molar refractivity (Wildman–Crippen MR) is 177 cm³/mol. The Bertz CT molecular complexity index is 2280. The number of nitrogens with zero attached hydrogens (tertiary/aromatic N) is 2. The van der Waals surface area contributed by atoms with Gasteiger partial charge in [0.15, 0.2) is 0 Å². The van der Waals surface area contributed by atoms with Crippen LogP contribution in [0.2, 0.25) is 0 Å². The lowest BCUT2D eigenvalue weighted by Crippen LogP contribution is -1.97. The minimum atomic E-state index is -2.35. The smallest absolute Gasteiger partial charge is 0.111 e. The van der Waals surface area contributed by atoms with Gasteiger partial charge in [-0.05, 0) is 86.0 Å². The number of hydrogen-bond donors (Lipinski definition) is 0. The molecule has 0 aliphatic rings. The third-order valence-electron chi connectivity index (χ3n) is 8.19. The average molecular weight is 540 g/mol. The number of imidazole rings is 1. The van der Waals surface area contributed by atoms with Crippen molar-refractivity contribution in [1.29, 1.82) is 0 Å². The minimum Gasteiger partial charge on any atom is -0.297 e. The molecule has 0 aliphatic carbocycles. The molecule has 2 nitrogen and oxygen atoms in total. The van der Waals surface area contributed by atoms with Crippen LogP contribution in [-0.4, -0.2) is 9.55 Å². The van der Waals surface area contributed by atoms with Crippen LogP contribution < -0.4 is 0 Å². The van der Waals surface area contributed by atoms with E-state index in [0.29, 0.717) is 5.52 Å². The van der Waals surface area contributed by atoms with Crippen LogP contribution in [0.3, 0.4) is 0 Å². The van der Waals surface area contributed by atoms with Crippen LogP contribution in [0.15, 0.2) is 152 Å². The van der Waals surface area contributed by atoms with Gasteiger partial charge in [0, 0.05) is 9.80 Å². The fraction of sp³-hybridized carbons (Fsp3) is 0.0250. The van der Waals surface area contributed by atoms with Crippen molar-refractivity contribution in [3.63, 3.8) is 0 Å². The maximum Gasteiger partial charge on any atom is 0.111 e. The predicted octanol–water partition coefficient (Wildman–Crippen LogP) is 10.6. The highest BCUT2D eigenvalue weighted by atomic mass is 15.1. The topological polar surface area (TPSA) is 17.8 Å². The Hall–Kier alpha value is -5.47. The third-order valence-corrected chi connectivity index (χ3v) is 8.19. The van der Waals surface area contributed by atoms with Gasteiger partial charge in [0.25, 0.3) is 0 Å². The highest BCUT2D eigenvalue weighted by molar-refractivity contribution is 6.21. The van der Waals surface area contributed by atoms with E-state index < -0.39 is 6.85 Å². The van der Waals surface area contributed by atoms with Crippen LogP contribution in [0, 0.1) is 6.85 Å². The maximum absolute atomic E-state index is 8.15. The number of benzene rings is 7. The van der Waals surface area contributed by atoms with Gasteiger partial charge in [-0.1, -0.05) is 127 Å². The summed E-state index contributed by atoms with van der Waals surface area (Å²) in [5, 5.41) is 4.71. The molecule has 0 saturated carbocycles. The molecular weight excluding hydrogens is 508 g/mol. The van der Waals surface area contributed by atoms with Gasteiger partial charge in [-0.15, -0.1) is 0 Å². The normalized spacial score (nSPS) is 12.8. The highest BCUT2D eigenvalue weighted by Crippen LogP contribution is 2.44. The number of hydrogen-bond acceptors (Lipinski definition) is 1. The molecule has 0 atom stereocenters.